The molecule has 0 saturated carbocycles. The summed E-state index contributed by atoms with van der Waals surface area (Å²) in [5, 5.41) is 31.4. The maximum atomic E-state index is 14.6. The molecule has 0 aliphatic carbocycles. The number of rotatable bonds is 4. The molecule has 8 nitrogen and oxygen atoms in total. The largest absolute Gasteiger partial charge is 0.508 e. The van der Waals surface area contributed by atoms with Gasteiger partial charge in [-0.15, -0.1) is 0 Å². The van der Waals surface area contributed by atoms with Gasteiger partial charge >= 0.3 is 0 Å². The highest BCUT2D eigenvalue weighted by atomic mass is 19.1. The number of phenolic OH excluding ortho intramolecular Hbond substituents is 1. The topological polar surface area (TPSA) is 121 Å². The number of amides is 1. The number of ketones is 1. The monoisotopic (exact) mass is 452 g/mol. The summed E-state index contributed by atoms with van der Waals surface area (Å²) in [6, 6.07) is 10.9. The Morgan fingerprint density at radius 3 is 2.21 bits per heavy atom. The van der Waals surface area contributed by atoms with Crippen LogP contribution in [0, 0.1) is 21.7 Å². The summed E-state index contributed by atoms with van der Waals surface area (Å²) in [6.45, 7) is 0. The zero-order chi connectivity index (χ0) is 23.9. The molecule has 1 amide bonds. The second-order valence-corrected chi connectivity index (χ2v) is 7.16. The molecule has 1 heterocycles. The summed E-state index contributed by atoms with van der Waals surface area (Å²) in [7, 11) is 0. The number of anilines is 1. The maximum absolute atomic E-state index is 14.6. The van der Waals surface area contributed by atoms with Gasteiger partial charge in [-0.2, -0.15) is 0 Å². The number of nitro groups is 1. The summed E-state index contributed by atoms with van der Waals surface area (Å²) >= 11 is 0. The van der Waals surface area contributed by atoms with E-state index < -0.39 is 51.3 Å². The molecule has 0 aromatic heterocycles. The highest BCUT2D eigenvalue weighted by Gasteiger charge is 2.47. The minimum atomic E-state index is -1.36. The number of non-ortho nitro benzene ring substituents is 1. The van der Waals surface area contributed by atoms with E-state index in [1.54, 1.807) is 0 Å². The average molecular weight is 452 g/mol. The third-order valence-electron chi connectivity index (χ3n) is 5.17. The lowest BCUT2D eigenvalue weighted by atomic mass is 9.95. The van der Waals surface area contributed by atoms with Crippen LogP contribution in [0.25, 0.3) is 5.76 Å². The minimum Gasteiger partial charge on any atom is -0.508 e. The highest BCUT2D eigenvalue weighted by Crippen LogP contribution is 2.43. The van der Waals surface area contributed by atoms with Crippen molar-refractivity contribution in [2.45, 2.75) is 6.04 Å². The molecule has 2 N–H and O–H groups in total. The Bertz CT molecular complexity index is 1320. The molecular formula is C23H14F2N2O6. The fraction of sp³-hybridized carbons (Fsp3) is 0.0435. The molecule has 1 saturated heterocycles. The van der Waals surface area contributed by atoms with Crippen molar-refractivity contribution in [3.8, 4) is 5.75 Å². The number of hydrogen-bond donors (Lipinski definition) is 2. The third-order valence-corrected chi connectivity index (χ3v) is 5.17. The van der Waals surface area contributed by atoms with Crippen molar-refractivity contribution >= 4 is 28.8 Å². The van der Waals surface area contributed by atoms with Crippen molar-refractivity contribution in [1.82, 2.24) is 0 Å². The highest BCUT2D eigenvalue weighted by molar-refractivity contribution is 6.51. The van der Waals surface area contributed by atoms with Gasteiger partial charge in [0.2, 0.25) is 0 Å². The summed E-state index contributed by atoms with van der Waals surface area (Å²) in [4.78, 5) is 36.8. The molecule has 3 aromatic rings. The summed E-state index contributed by atoms with van der Waals surface area (Å²) in [5.74, 6) is -4.97. The molecule has 0 spiro atoms. The Labute approximate surface area is 184 Å². The first-order chi connectivity index (χ1) is 15.7. The van der Waals surface area contributed by atoms with Crippen molar-refractivity contribution in [2.24, 2.45) is 0 Å². The molecule has 1 atom stereocenters. The molecule has 3 aromatic carbocycles. The van der Waals surface area contributed by atoms with Gasteiger partial charge in [0.25, 0.3) is 17.4 Å². The molecule has 1 fully saturated rings. The number of aliphatic hydroxyl groups excluding tert-OH is 1. The van der Waals surface area contributed by atoms with Gasteiger partial charge in [0.15, 0.2) is 0 Å². The molecule has 1 unspecified atom stereocenters. The van der Waals surface area contributed by atoms with Crippen LogP contribution in [0.4, 0.5) is 20.2 Å². The van der Waals surface area contributed by atoms with Crippen LogP contribution < -0.4 is 4.90 Å². The number of Topliss-reactive ketones (excluding diaryl/α,β-unsaturated/α-hetero) is 1. The van der Waals surface area contributed by atoms with Crippen molar-refractivity contribution < 1.29 is 33.5 Å². The lowest BCUT2D eigenvalue weighted by Crippen LogP contribution is -2.30. The fourth-order valence-electron chi connectivity index (χ4n) is 3.62. The van der Waals surface area contributed by atoms with E-state index >= 15 is 0 Å². The van der Waals surface area contributed by atoms with Crippen molar-refractivity contribution in [3.63, 3.8) is 0 Å². The Morgan fingerprint density at radius 1 is 0.970 bits per heavy atom. The molecule has 33 heavy (non-hydrogen) atoms. The number of carbonyl (C=O) groups is 2. The van der Waals surface area contributed by atoms with Gasteiger partial charge in [-0.1, -0.05) is 12.1 Å². The molecule has 1 aliphatic heterocycles. The lowest BCUT2D eigenvalue weighted by molar-refractivity contribution is -0.384. The van der Waals surface area contributed by atoms with Crippen molar-refractivity contribution in [2.75, 3.05) is 4.90 Å². The maximum Gasteiger partial charge on any atom is 0.300 e. The van der Waals surface area contributed by atoms with Crippen LogP contribution in [0.2, 0.25) is 0 Å². The Morgan fingerprint density at radius 2 is 1.61 bits per heavy atom. The second kappa shape index (κ2) is 8.15. The Hall–Kier alpha value is -4.60. The van der Waals surface area contributed by atoms with E-state index in [1.807, 2.05) is 0 Å². The smallest absolute Gasteiger partial charge is 0.300 e. The first-order valence-electron chi connectivity index (χ1n) is 9.49. The van der Waals surface area contributed by atoms with E-state index in [0.29, 0.717) is 0 Å². The van der Waals surface area contributed by atoms with Gasteiger partial charge in [-0.3, -0.25) is 24.6 Å². The van der Waals surface area contributed by atoms with Gasteiger partial charge < -0.3 is 10.2 Å². The average Bonchev–Trinajstić information content (AvgIpc) is 3.06. The molecular weight excluding hydrogens is 438 g/mol. The van der Waals surface area contributed by atoms with Crippen molar-refractivity contribution in [1.29, 1.82) is 0 Å². The zero-order valence-corrected chi connectivity index (χ0v) is 16.6. The van der Waals surface area contributed by atoms with E-state index in [-0.39, 0.29) is 22.6 Å². The normalized spacial score (nSPS) is 17.4. The zero-order valence-electron chi connectivity index (χ0n) is 16.6. The quantitative estimate of drug-likeness (QED) is 0.201. The predicted molar refractivity (Wildman–Crippen MR) is 112 cm³/mol. The van der Waals surface area contributed by atoms with Crippen LogP contribution in [0.1, 0.15) is 17.2 Å². The molecule has 0 bridgehead atoms. The SMILES string of the molecule is O=C1C(=O)N(c2cc(F)ccc2F)C(c2ccc(O)cc2)/C1=C(\O)c1ccc([N+](=O)[O-])cc1. The number of hydrogen-bond acceptors (Lipinski definition) is 6. The van der Waals surface area contributed by atoms with Crippen LogP contribution in [-0.4, -0.2) is 26.8 Å². The van der Waals surface area contributed by atoms with Crippen LogP contribution in [0.15, 0.2) is 72.3 Å². The van der Waals surface area contributed by atoms with Gasteiger partial charge in [-0.05, 0) is 42.0 Å². The van der Waals surface area contributed by atoms with E-state index in [9.17, 15) is 38.7 Å². The summed E-state index contributed by atoms with van der Waals surface area (Å²) in [5.41, 5.74) is -0.980. The Balaban J connectivity index is 1.95. The first-order valence-corrected chi connectivity index (χ1v) is 9.49. The van der Waals surface area contributed by atoms with Crippen molar-refractivity contribution in [3.05, 3.63) is 105 Å². The second-order valence-electron chi connectivity index (χ2n) is 7.16. The first kappa shape index (κ1) is 21.6. The number of benzene rings is 3. The number of aromatic hydroxyl groups is 1. The van der Waals surface area contributed by atoms with Crippen LogP contribution in [-0.2, 0) is 9.59 Å². The fourth-order valence-corrected chi connectivity index (χ4v) is 3.62. The van der Waals surface area contributed by atoms with Gasteiger partial charge in [-0.25, -0.2) is 8.78 Å². The lowest BCUT2D eigenvalue weighted by Gasteiger charge is -2.25. The molecule has 4 rings (SSSR count). The van der Waals surface area contributed by atoms with Crippen LogP contribution >= 0.6 is 0 Å². The number of nitrogens with zero attached hydrogens (tertiary/aromatic N) is 2. The molecule has 0 radical (unpaired) electrons. The third kappa shape index (κ3) is 3.78. The minimum absolute atomic E-state index is 0.00194. The molecule has 166 valence electrons. The van der Waals surface area contributed by atoms with Crippen LogP contribution in [0.5, 0.6) is 5.75 Å². The van der Waals surface area contributed by atoms with E-state index in [2.05, 4.69) is 0 Å². The number of carbonyl (C=O) groups excluding carboxylic acids is 2. The number of halogens is 2. The van der Waals surface area contributed by atoms with Gasteiger partial charge in [0.05, 0.1) is 22.2 Å². The predicted octanol–water partition coefficient (Wildman–Crippen LogP) is 4.20. The number of aliphatic hydroxyl groups is 1. The van der Waals surface area contributed by atoms with Gasteiger partial charge in [0, 0.05) is 23.8 Å². The Kier molecular flexibility index (Phi) is 5.34. The standard InChI is InChI=1S/C23H14F2N2O6/c24-14-5-10-17(25)18(11-14)26-20(12-3-8-16(28)9-4-12)19(22(30)23(26)31)21(29)13-1-6-15(7-2-13)27(32)33/h1-11,20,28-29H/b21-19+. The van der Waals surface area contributed by atoms with Crippen LogP contribution in [0.3, 0.4) is 0 Å². The summed E-state index contributed by atoms with van der Waals surface area (Å²) < 4.78 is 28.5. The van der Waals surface area contributed by atoms with E-state index in [1.165, 1.54) is 36.4 Å². The summed E-state index contributed by atoms with van der Waals surface area (Å²) in [6.07, 6.45) is 0. The van der Waals surface area contributed by atoms with E-state index in [4.69, 9.17) is 0 Å². The number of phenols is 1. The van der Waals surface area contributed by atoms with E-state index in [0.717, 1.165) is 35.2 Å². The molecule has 1 aliphatic rings. The van der Waals surface area contributed by atoms with Gasteiger partial charge in [0.1, 0.15) is 23.1 Å². The number of nitro benzene ring substituents is 1. The molecule has 10 heteroatoms.